The minimum absolute atomic E-state index is 0. The minimum atomic E-state index is -3.53. The van der Waals surface area contributed by atoms with Crippen molar-refractivity contribution < 1.29 is 17.9 Å². The zero-order valence-corrected chi connectivity index (χ0v) is 22.4. The van der Waals surface area contributed by atoms with Crippen molar-refractivity contribution in [2.45, 2.75) is 24.8 Å². The topological polar surface area (TPSA) is 92.3 Å². The van der Waals surface area contributed by atoms with E-state index in [-0.39, 0.29) is 35.4 Å². The van der Waals surface area contributed by atoms with E-state index in [1.165, 1.54) is 18.4 Å². The Hall–Kier alpha value is -2.05. The number of hydrogen-bond donors (Lipinski definition) is 2. The number of hydrogen-bond acceptors (Lipinski definition) is 5. The van der Waals surface area contributed by atoms with Crippen LogP contribution in [0.5, 0.6) is 11.5 Å². The lowest BCUT2D eigenvalue weighted by Crippen LogP contribution is -2.38. The number of benzene rings is 2. The van der Waals surface area contributed by atoms with E-state index in [4.69, 9.17) is 9.47 Å². The van der Waals surface area contributed by atoms with Crippen LogP contribution in [0.1, 0.15) is 18.1 Å². The highest BCUT2D eigenvalue weighted by Gasteiger charge is 2.20. The molecule has 2 rings (SSSR count). The van der Waals surface area contributed by atoms with Crippen molar-refractivity contribution in [3.05, 3.63) is 53.6 Å². The van der Waals surface area contributed by atoms with Gasteiger partial charge in [-0.1, -0.05) is 24.3 Å². The molecule has 0 aromatic heterocycles. The summed E-state index contributed by atoms with van der Waals surface area (Å²) < 4.78 is 37.0. The van der Waals surface area contributed by atoms with E-state index in [0.29, 0.717) is 36.1 Å². The van der Waals surface area contributed by atoms with Gasteiger partial charge in [0.2, 0.25) is 10.0 Å². The highest BCUT2D eigenvalue weighted by atomic mass is 127. The average molecular weight is 577 g/mol. The molecule has 10 heteroatoms. The number of halogens is 1. The van der Waals surface area contributed by atoms with Crippen LogP contribution < -0.4 is 20.1 Å². The Balaban J connectivity index is 0.00000512. The van der Waals surface area contributed by atoms with E-state index in [1.807, 2.05) is 31.2 Å². The first kappa shape index (κ1) is 28.0. The van der Waals surface area contributed by atoms with Crippen LogP contribution in [0.25, 0.3) is 0 Å². The van der Waals surface area contributed by atoms with Gasteiger partial charge in [0.05, 0.1) is 25.7 Å². The maximum absolute atomic E-state index is 12.6. The van der Waals surface area contributed by atoms with Crippen molar-refractivity contribution in [1.29, 1.82) is 0 Å². The average Bonchev–Trinajstić information content (AvgIpc) is 2.77. The summed E-state index contributed by atoms with van der Waals surface area (Å²) in [4.78, 5) is 4.84. The van der Waals surface area contributed by atoms with E-state index in [2.05, 4.69) is 15.6 Å². The van der Waals surface area contributed by atoms with E-state index in [0.717, 1.165) is 12.0 Å². The van der Waals surface area contributed by atoms with Gasteiger partial charge < -0.3 is 20.1 Å². The van der Waals surface area contributed by atoms with Crippen molar-refractivity contribution in [2.75, 3.05) is 41.4 Å². The van der Waals surface area contributed by atoms with Crippen molar-refractivity contribution >= 4 is 40.0 Å². The number of ether oxygens (including phenoxy) is 2. The third kappa shape index (κ3) is 7.52. The SMILES string of the molecule is CCNC(=NCc1ccccc1S(=O)(=O)N(C)C)NCCc1ccc(OC)c(OC)c1.I. The Kier molecular flexibility index (Phi) is 11.8. The molecule has 0 aliphatic rings. The molecule has 0 saturated heterocycles. The molecule has 2 aromatic rings. The Morgan fingerprint density at radius 2 is 1.72 bits per heavy atom. The molecule has 0 amide bonds. The van der Waals surface area contributed by atoms with Gasteiger partial charge in [0.1, 0.15) is 0 Å². The van der Waals surface area contributed by atoms with Gasteiger partial charge in [0, 0.05) is 27.2 Å². The van der Waals surface area contributed by atoms with Crippen LogP contribution in [0.4, 0.5) is 0 Å². The molecule has 0 bridgehead atoms. The fourth-order valence-electron chi connectivity index (χ4n) is 2.95. The summed E-state index contributed by atoms with van der Waals surface area (Å²) in [5.74, 6) is 2.01. The van der Waals surface area contributed by atoms with Crippen molar-refractivity contribution in [2.24, 2.45) is 4.99 Å². The molecule has 2 aromatic carbocycles. The number of sulfonamides is 1. The third-order valence-electron chi connectivity index (χ3n) is 4.64. The van der Waals surface area contributed by atoms with Crippen LogP contribution in [0.2, 0.25) is 0 Å². The minimum Gasteiger partial charge on any atom is -0.493 e. The normalized spacial score (nSPS) is 11.6. The maximum Gasteiger partial charge on any atom is 0.242 e. The summed E-state index contributed by atoms with van der Waals surface area (Å²) >= 11 is 0. The van der Waals surface area contributed by atoms with Gasteiger partial charge in [-0.15, -0.1) is 24.0 Å². The van der Waals surface area contributed by atoms with E-state index in [1.54, 1.807) is 32.4 Å². The fraction of sp³-hybridized carbons (Fsp3) is 0.409. The summed E-state index contributed by atoms with van der Waals surface area (Å²) in [5, 5.41) is 6.49. The Morgan fingerprint density at radius 3 is 2.34 bits per heavy atom. The molecule has 178 valence electrons. The van der Waals surface area contributed by atoms with Crippen LogP contribution >= 0.6 is 24.0 Å². The molecule has 8 nitrogen and oxygen atoms in total. The zero-order chi connectivity index (χ0) is 22.9. The molecule has 0 radical (unpaired) electrons. The Morgan fingerprint density at radius 1 is 1.03 bits per heavy atom. The van der Waals surface area contributed by atoms with Gasteiger partial charge in [-0.05, 0) is 42.7 Å². The molecule has 0 spiro atoms. The molecule has 2 N–H and O–H groups in total. The van der Waals surface area contributed by atoms with Crippen LogP contribution in [0.3, 0.4) is 0 Å². The number of guanidine groups is 1. The molecule has 0 fully saturated rings. The summed E-state index contributed by atoms with van der Waals surface area (Å²) in [6.45, 7) is 3.57. The first-order valence-corrected chi connectivity index (χ1v) is 11.5. The molecular weight excluding hydrogens is 543 g/mol. The fourth-order valence-corrected chi connectivity index (χ4v) is 4.06. The van der Waals surface area contributed by atoms with E-state index < -0.39 is 10.0 Å². The first-order chi connectivity index (χ1) is 14.8. The summed E-state index contributed by atoms with van der Waals surface area (Å²) in [5.41, 5.74) is 1.75. The Bertz CT molecular complexity index is 997. The highest BCUT2D eigenvalue weighted by Crippen LogP contribution is 2.27. The second kappa shape index (κ2) is 13.5. The standard InChI is InChI=1S/C22H32N4O4S.HI/c1-6-23-22(24-14-13-17-11-12-19(29-4)20(15-17)30-5)25-16-18-9-7-8-10-21(18)31(27,28)26(2)3;/h7-12,15H,6,13-14,16H2,1-5H3,(H2,23,24,25);1H. The molecule has 0 saturated carbocycles. The smallest absolute Gasteiger partial charge is 0.242 e. The van der Waals surface area contributed by atoms with E-state index >= 15 is 0 Å². The van der Waals surface area contributed by atoms with Crippen molar-refractivity contribution in [1.82, 2.24) is 14.9 Å². The van der Waals surface area contributed by atoms with Gasteiger partial charge in [0.15, 0.2) is 17.5 Å². The van der Waals surface area contributed by atoms with Crippen molar-refractivity contribution in [3.63, 3.8) is 0 Å². The number of nitrogens with zero attached hydrogens (tertiary/aromatic N) is 2. The van der Waals surface area contributed by atoms with E-state index in [9.17, 15) is 8.42 Å². The third-order valence-corrected chi connectivity index (χ3v) is 6.55. The van der Waals surface area contributed by atoms with Crippen molar-refractivity contribution in [3.8, 4) is 11.5 Å². The van der Waals surface area contributed by atoms with Gasteiger partial charge in [-0.2, -0.15) is 0 Å². The molecule has 32 heavy (non-hydrogen) atoms. The number of rotatable bonds is 10. The van der Waals surface area contributed by atoms with Gasteiger partial charge in [-0.3, -0.25) is 0 Å². The zero-order valence-electron chi connectivity index (χ0n) is 19.2. The molecule has 0 aliphatic heterocycles. The maximum atomic E-state index is 12.6. The highest BCUT2D eigenvalue weighted by molar-refractivity contribution is 14.0. The lowest BCUT2D eigenvalue weighted by Gasteiger charge is -2.15. The second-order valence-corrected chi connectivity index (χ2v) is 9.08. The number of methoxy groups -OCH3 is 2. The monoisotopic (exact) mass is 576 g/mol. The summed E-state index contributed by atoms with van der Waals surface area (Å²) in [6.07, 6.45) is 0.760. The molecular formula is C22H33IN4O4S. The van der Waals surface area contributed by atoms with Crippen LogP contribution in [-0.2, 0) is 23.0 Å². The molecule has 0 atom stereocenters. The molecule has 0 heterocycles. The lowest BCUT2D eigenvalue weighted by molar-refractivity contribution is 0.354. The summed E-state index contributed by atoms with van der Waals surface area (Å²) in [6, 6.07) is 12.8. The lowest BCUT2D eigenvalue weighted by atomic mass is 10.1. The first-order valence-electron chi connectivity index (χ1n) is 10.1. The predicted molar refractivity (Wildman–Crippen MR) is 139 cm³/mol. The predicted octanol–water partition coefficient (Wildman–Crippen LogP) is 2.87. The molecule has 0 unspecified atom stereocenters. The van der Waals surface area contributed by atoms with Gasteiger partial charge in [0.25, 0.3) is 0 Å². The molecule has 0 aliphatic carbocycles. The second-order valence-electron chi connectivity index (χ2n) is 6.96. The largest absolute Gasteiger partial charge is 0.493 e. The van der Waals surface area contributed by atoms with Crippen LogP contribution in [-0.4, -0.2) is 60.1 Å². The van der Waals surface area contributed by atoms with Gasteiger partial charge >= 0.3 is 0 Å². The summed E-state index contributed by atoms with van der Waals surface area (Å²) in [7, 11) is 2.74. The quantitative estimate of drug-likeness (QED) is 0.257. The van der Waals surface area contributed by atoms with Gasteiger partial charge in [-0.25, -0.2) is 17.7 Å². The van der Waals surface area contributed by atoms with Crippen LogP contribution in [0.15, 0.2) is 52.4 Å². The Labute approximate surface area is 208 Å². The number of nitrogens with one attached hydrogen (secondary N) is 2. The number of aliphatic imine (C=N–C) groups is 1. The van der Waals surface area contributed by atoms with Crippen LogP contribution in [0, 0.1) is 0 Å².